The van der Waals surface area contributed by atoms with Crippen LogP contribution in [0.3, 0.4) is 0 Å². The first-order chi connectivity index (χ1) is 14.3. The molecule has 4 rings (SSSR count). The summed E-state index contributed by atoms with van der Waals surface area (Å²) in [5.41, 5.74) is 1.07. The quantitative estimate of drug-likeness (QED) is 0.462. The van der Waals surface area contributed by atoms with E-state index in [4.69, 9.17) is 4.98 Å². The highest BCUT2D eigenvalue weighted by atomic mass is 32.1. The maximum Gasteiger partial charge on any atom is 0.277 e. The molecule has 10 nitrogen and oxygen atoms in total. The Morgan fingerprint density at radius 2 is 1.67 bits per heavy atom. The third-order valence-corrected chi connectivity index (χ3v) is 6.10. The van der Waals surface area contributed by atoms with E-state index in [0.717, 1.165) is 39.1 Å². The lowest BCUT2D eigenvalue weighted by atomic mass is 10.1. The van der Waals surface area contributed by atoms with E-state index in [1.807, 2.05) is 25.1 Å². The number of nitro benzene ring substituents is 2. The van der Waals surface area contributed by atoms with Gasteiger partial charge in [-0.15, -0.1) is 0 Å². The van der Waals surface area contributed by atoms with Crippen LogP contribution in [0.1, 0.15) is 15.9 Å². The number of anilines is 1. The molecule has 0 atom stereocenters. The summed E-state index contributed by atoms with van der Waals surface area (Å²) in [4.78, 5) is 41.9. The number of carbonyl (C=O) groups excluding carboxylic acids is 1. The van der Waals surface area contributed by atoms with E-state index < -0.39 is 27.1 Å². The van der Waals surface area contributed by atoms with Gasteiger partial charge in [-0.1, -0.05) is 23.5 Å². The largest absolute Gasteiger partial charge is 0.345 e. The Balaban J connectivity index is 1.51. The van der Waals surface area contributed by atoms with E-state index in [1.54, 1.807) is 16.2 Å². The molecule has 2 aromatic carbocycles. The van der Waals surface area contributed by atoms with Gasteiger partial charge >= 0.3 is 0 Å². The van der Waals surface area contributed by atoms with E-state index in [-0.39, 0.29) is 5.56 Å². The minimum atomic E-state index is -0.739. The van der Waals surface area contributed by atoms with E-state index in [1.165, 1.54) is 0 Å². The van der Waals surface area contributed by atoms with Crippen molar-refractivity contribution in [3.05, 3.63) is 67.8 Å². The summed E-state index contributed by atoms with van der Waals surface area (Å²) in [5, 5.41) is 23.0. The van der Waals surface area contributed by atoms with Gasteiger partial charge in [0, 0.05) is 38.3 Å². The zero-order valence-corrected chi connectivity index (χ0v) is 16.8. The molecule has 0 bridgehead atoms. The SMILES string of the molecule is Cc1cccc2sc(N3CCN(C(=O)c4cc([N+](=O)[O-])cc([N+](=O)[O-])c4)CC3)nc12. The molecule has 1 aliphatic rings. The van der Waals surface area contributed by atoms with Gasteiger partial charge in [0.1, 0.15) is 0 Å². The summed E-state index contributed by atoms with van der Waals surface area (Å²) in [6, 6.07) is 9.05. The summed E-state index contributed by atoms with van der Waals surface area (Å²) < 4.78 is 1.10. The van der Waals surface area contributed by atoms with Gasteiger partial charge in [-0.05, 0) is 18.6 Å². The van der Waals surface area contributed by atoms with Gasteiger partial charge in [-0.25, -0.2) is 4.98 Å². The number of para-hydroxylation sites is 1. The Morgan fingerprint density at radius 3 is 2.23 bits per heavy atom. The fraction of sp³-hybridized carbons (Fsp3) is 0.263. The summed E-state index contributed by atoms with van der Waals surface area (Å²) in [6.45, 7) is 3.92. The molecule has 0 saturated carbocycles. The first-order valence-electron chi connectivity index (χ1n) is 9.18. The van der Waals surface area contributed by atoms with Crippen molar-refractivity contribution in [3.63, 3.8) is 0 Å². The number of rotatable bonds is 4. The first-order valence-corrected chi connectivity index (χ1v) is 9.99. The number of hydrogen-bond acceptors (Lipinski definition) is 8. The Labute approximate surface area is 174 Å². The smallest absolute Gasteiger partial charge is 0.277 e. The minimum absolute atomic E-state index is 0.0556. The monoisotopic (exact) mass is 427 g/mol. The number of nitrogens with zero attached hydrogens (tertiary/aromatic N) is 5. The van der Waals surface area contributed by atoms with Crippen LogP contribution in [0.15, 0.2) is 36.4 Å². The second-order valence-corrected chi connectivity index (χ2v) is 7.96. The van der Waals surface area contributed by atoms with E-state index in [0.29, 0.717) is 26.2 Å². The third-order valence-electron chi connectivity index (χ3n) is 5.02. The zero-order valence-electron chi connectivity index (χ0n) is 16.0. The summed E-state index contributed by atoms with van der Waals surface area (Å²) in [6.07, 6.45) is 0. The highest BCUT2D eigenvalue weighted by Gasteiger charge is 2.27. The van der Waals surface area contributed by atoms with Crippen molar-refractivity contribution < 1.29 is 14.6 Å². The number of aryl methyl sites for hydroxylation is 1. The first kappa shape index (κ1) is 19.7. The van der Waals surface area contributed by atoms with Crippen molar-refractivity contribution in [2.75, 3.05) is 31.1 Å². The molecule has 1 amide bonds. The van der Waals surface area contributed by atoms with E-state index in [2.05, 4.69) is 4.90 Å². The average Bonchev–Trinajstić information content (AvgIpc) is 3.18. The molecule has 3 aromatic rings. The van der Waals surface area contributed by atoms with Gasteiger partial charge in [0.05, 0.1) is 31.7 Å². The number of hydrogen-bond donors (Lipinski definition) is 0. The second kappa shape index (κ2) is 7.67. The topological polar surface area (TPSA) is 123 Å². The van der Waals surface area contributed by atoms with Crippen molar-refractivity contribution in [1.82, 2.24) is 9.88 Å². The van der Waals surface area contributed by atoms with Crippen LogP contribution in [0.25, 0.3) is 10.2 Å². The third kappa shape index (κ3) is 3.66. The molecule has 0 aliphatic carbocycles. The van der Waals surface area contributed by atoms with Crippen LogP contribution < -0.4 is 4.90 Å². The van der Waals surface area contributed by atoms with Crippen molar-refractivity contribution in [3.8, 4) is 0 Å². The second-order valence-electron chi connectivity index (χ2n) is 6.95. The van der Waals surface area contributed by atoms with Crippen LogP contribution in [0, 0.1) is 27.2 Å². The number of non-ortho nitro benzene ring substituents is 2. The van der Waals surface area contributed by atoms with E-state index >= 15 is 0 Å². The zero-order chi connectivity index (χ0) is 21.4. The fourth-order valence-electron chi connectivity index (χ4n) is 3.42. The molecule has 30 heavy (non-hydrogen) atoms. The van der Waals surface area contributed by atoms with Crippen LogP contribution >= 0.6 is 11.3 Å². The Kier molecular flexibility index (Phi) is 5.04. The molecule has 11 heteroatoms. The van der Waals surface area contributed by atoms with Gasteiger partial charge in [0.2, 0.25) is 0 Å². The normalized spacial score (nSPS) is 14.2. The van der Waals surface area contributed by atoms with Crippen LogP contribution in [-0.4, -0.2) is 51.8 Å². The van der Waals surface area contributed by atoms with E-state index in [9.17, 15) is 25.0 Å². The molecule has 2 heterocycles. The number of carbonyl (C=O) groups is 1. The minimum Gasteiger partial charge on any atom is -0.345 e. The molecular formula is C19H17N5O5S. The Bertz CT molecular complexity index is 1140. The van der Waals surface area contributed by atoms with Crippen molar-refractivity contribution in [2.24, 2.45) is 0 Å². The Morgan fingerprint density at radius 1 is 1.03 bits per heavy atom. The molecule has 0 N–H and O–H groups in total. The summed E-state index contributed by atoms with van der Waals surface area (Å²) in [5.74, 6) is -0.457. The number of fused-ring (bicyclic) bond motifs is 1. The number of benzene rings is 2. The summed E-state index contributed by atoms with van der Waals surface area (Å²) >= 11 is 1.60. The van der Waals surface area contributed by atoms with Gasteiger partial charge in [0.25, 0.3) is 17.3 Å². The lowest BCUT2D eigenvalue weighted by molar-refractivity contribution is -0.394. The van der Waals surface area contributed by atoms with Gasteiger partial charge < -0.3 is 9.80 Å². The van der Waals surface area contributed by atoms with Crippen molar-refractivity contribution in [1.29, 1.82) is 0 Å². The average molecular weight is 427 g/mol. The number of aromatic nitrogens is 1. The molecule has 1 saturated heterocycles. The highest BCUT2D eigenvalue weighted by Crippen LogP contribution is 2.31. The molecular weight excluding hydrogens is 410 g/mol. The lowest BCUT2D eigenvalue weighted by Gasteiger charge is -2.34. The molecule has 0 spiro atoms. The molecule has 1 fully saturated rings. The van der Waals surface area contributed by atoms with Crippen molar-refractivity contribution in [2.45, 2.75) is 6.92 Å². The number of thiazole rings is 1. The maximum absolute atomic E-state index is 12.8. The predicted octanol–water partition coefficient (Wildman–Crippen LogP) is 3.38. The Hall–Kier alpha value is -3.60. The van der Waals surface area contributed by atoms with Crippen molar-refractivity contribution >= 4 is 44.0 Å². The predicted molar refractivity (Wildman–Crippen MR) is 112 cm³/mol. The molecule has 1 aliphatic heterocycles. The van der Waals surface area contributed by atoms with Crippen LogP contribution in [0.4, 0.5) is 16.5 Å². The standard InChI is InChI=1S/C19H17N5O5S/c1-12-3-2-4-16-17(12)20-19(30-16)22-7-5-21(6-8-22)18(25)13-9-14(23(26)27)11-15(10-13)24(28)29/h2-4,9-11H,5-8H2,1H3. The molecule has 0 unspecified atom stereocenters. The van der Waals surface area contributed by atoms with Gasteiger partial charge in [0.15, 0.2) is 5.13 Å². The maximum atomic E-state index is 12.8. The fourth-order valence-corrected chi connectivity index (χ4v) is 4.52. The number of nitro groups is 2. The number of piperazine rings is 1. The number of amides is 1. The molecule has 154 valence electrons. The van der Waals surface area contributed by atoms with Gasteiger partial charge in [-0.2, -0.15) is 0 Å². The van der Waals surface area contributed by atoms with Crippen LogP contribution in [0.2, 0.25) is 0 Å². The molecule has 1 aromatic heterocycles. The van der Waals surface area contributed by atoms with Gasteiger partial charge in [-0.3, -0.25) is 25.0 Å². The molecule has 0 radical (unpaired) electrons. The van der Waals surface area contributed by atoms with Crippen LogP contribution in [0.5, 0.6) is 0 Å². The lowest BCUT2D eigenvalue weighted by Crippen LogP contribution is -2.48. The highest BCUT2D eigenvalue weighted by molar-refractivity contribution is 7.22. The summed E-state index contributed by atoms with van der Waals surface area (Å²) in [7, 11) is 0. The van der Waals surface area contributed by atoms with Crippen LogP contribution in [-0.2, 0) is 0 Å².